The molecular formula is C25H31N5O3. The molecule has 33 heavy (non-hydrogen) atoms. The summed E-state index contributed by atoms with van der Waals surface area (Å²) in [6.07, 6.45) is 2.36. The summed E-state index contributed by atoms with van der Waals surface area (Å²) in [4.78, 5) is 42.4. The minimum atomic E-state index is -0.560. The number of benzene rings is 1. The van der Waals surface area contributed by atoms with Gasteiger partial charge in [-0.15, -0.1) is 0 Å². The van der Waals surface area contributed by atoms with Gasteiger partial charge in [0, 0.05) is 36.7 Å². The second kappa shape index (κ2) is 9.85. The van der Waals surface area contributed by atoms with E-state index in [0.717, 1.165) is 17.7 Å². The highest BCUT2D eigenvalue weighted by Crippen LogP contribution is 2.26. The molecule has 1 aromatic heterocycles. The zero-order valence-electron chi connectivity index (χ0n) is 19.4. The van der Waals surface area contributed by atoms with Gasteiger partial charge in [-0.05, 0) is 42.3 Å². The third-order valence-corrected chi connectivity index (χ3v) is 5.59. The Kier molecular flexibility index (Phi) is 7.16. The molecule has 0 aliphatic carbocycles. The third-order valence-electron chi connectivity index (χ3n) is 5.59. The van der Waals surface area contributed by atoms with Gasteiger partial charge in [-0.2, -0.15) is 0 Å². The Morgan fingerprint density at radius 3 is 2.48 bits per heavy atom. The first-order chi connectivity index (χ1) is 15.6. The van der Waals surface area contributed by atoms with Crippen molar-refractivity contribution in [1.29, 1.82) is 0 Å². The molecule has 0 radical (unpaired) electrons. The van der Waals surface area contributed by atoms with Crippen LogP contribution in [-0.4, -0.2) is 41.7 Å². The molecule has 2 amide bonds. The summed E-state index contributed by atoms with van der Waals surface area (Å²) in [7, 11) is 0. The van der Waals surface area contributed by atoms with Gasteiger partial charge < -0.3 is 21.3 Å². The summed E-state index contributed by atoms with van der Waals surface area (Å²) < 4.78 is 0. The van der Waals surface area contributed by atoms with Crippen LogP contribution in [0, 0.1) is 5.41 Å². The molecule has 1 aromatic carbocycles. The molecule has 0 saturated carbocycles. The molecule has 1 fully saturated rings. The highest BCUT2D eigenvalue weighted by atomic mass is 16.2. The average molecular weight is 450 g/mol. The molecule has 1 atom stereocenters. The van der Waals surface area contributed by atoms with Crippen molar-refractivity contribution < 1.29 is 14.4 Å². The number of nitrogens with two attached hydrogens (primary N) is 1. The van der Waals surface area contributed by atoms with Gasteiger partial charge in [0.15, 0.2) is 0 Å². The van der Waals surface area contributed by atoms with Crippen molar-refractivity contribution >= 4 is 34.9 Å². The van der Waals surface area contributed by atoms with Crippen LogP contribution in [0.4, 0.5) is 17.3 Å². The van der Waals surface area contributed by atoms with E-state index in [1.54, 1.807) is 12.1 Å². The van der Waals surface area contributed by atoms with Gasteiger partial charge >= 0.3 is 0 Å². The maximum absolute atomic E-state index is 12.3. The van der Waals surface area contributed by atoms with E-state index in [-0.39, 0.29) is 23.1 Å². The summed E-state index contributed by atoms with van der Waals surface area (Å²) in [5.74, 6) is 0.440. The van der Waals surface area contributed by atoms with Gasteiger partial charge in [0.05, 0.1) is 5.56 Å². The Morgan fingerprint density at radius 2 is 1.88 bits per heavy atom. The van der Waals surface area contributed by atoms with Crippen LogP contribution >= 0.6 is 0 Å². The average Bonchev–Trinajstić information content (AvgIpc) is 3.22. The highest BCUT2D eigenvalue weighted by molar-refractivity contribution is 5.98. The minimum Gasteiger partial charge on any atom is -0.365 e. The normalized spacial score (nSPS) is 15.7. The van der Waals surface area contributed by atoms with Crippen LogP contribution in [0.15, 0.2) is 49.1 Å². The molecule has 8 heteroatoms. The zero-order valence-corrected chi connectivity index (χ0v) is 19.4. The van der Waals surface area contributed by atoms with Crippen LogP contribution < -0.4 is 21.3 Å². The first-order valence-electron chi connectivity index (χ1n) is 10.9. The molecule has 2 heterocycles. The first-order valence-corrected chi connectivity index (χ1v) is 10.9. The summed E-state index contributed by atoms with van der Waals surface area (Å²) in [6.45, 7) is 10.4. The van der Waals surface area contributed by atoms with E-state index in [0.29, 0.717) is 36.7 Å². The Balaban J connectivity index is 1.74. The molecule has 0 unspecified atom stereocenters. The van der Waals surface area contributed by atoms with Crippen molar-refractivity contribution in [3.63, 3.8) is 0 Å². The van der Waals surface area contributed by atoms with Crippen molar-refractivity contribution in [2.24, 2.45) is 11.1 Å². The maximum Gasteiger partial charge on any atom is 0.252 e. The lowest BCUT2D eigenvalue weighted by Gasteiger charge is -2.21. The fourth-order valence-electron chi connectivity index (χ4n) is 3.59. The standard InChI is InChI=1S/C25H31N5O3/c1-5-22(32)28-18-12-13-30(15-18)24-19(23(26)33)10-11-21(29-24)27-17-8-6-16(7-9-17)14-20(31)25(2,3)4/h5-11,18H,1,12-15H2,2-4H3,(H2,26,33)(H,27,29)(H,28,32)/t18-/m0/s1. The molecule has 4 N–H and O–H groups in total. The Morgan fingerprint density at radius 1 is 1.18 bits per heavy atom. The van der Waals surface area contributed by atoms with Crippen molar-refractivity contribution in [1.82, 2.24) is 10.3 Å². The van der Waals surface area contributed by atoms with Gasteiger partial charge in [-0.1, -0.05) is 39.5 Å². The summed E-state index contributed by atoms with van der Waals surface area (Å²) in [5, 5.41) is 6.12. The number of primary amides is 1. The van der Waals surface area contributed by atoms with E-state index < -0.39 is 5.91 Å². The summed E-state index contributed by atoms with van der Waals surface area (Å²) >= 11 is 0. The quantitative estimate of drug-likeness (QED) is 0.534. The topological polar surface area (TPSA) is 117 Å². The predicted molar refractivity (Wildman–Crippen MR) is 130 cm³/mol. The van der Waals surface area contributed by atoms with Gasteiger partial charge in [0.1, 0.15) is 17.4 Å². The van der Waals surface area contributed by atoms with Crippen LogP contribution in [0.2, 0.25) is 0 Å². The fraction of sp³-hybridized carbons (Fsp3) is 0.360. The van der Waals surface area contributed by atoms with Gasteiger partial charge in [-0.25, -0.2) is 4.98 Å². The lowest BCUT2D eigenvalue weighted by atomic mass is 9.87. The van der Waals surface area contributed by atoms with Gasteiger partial charge in [-0.3, -0.25) is 14.4 Å². The van der Waals surface area contributed by atoms with E-state index in [4.69, 9.17) is 5.73 Å². The number of amides is 2. The number of rotatable bonds is 8. The number of ketones is 1. The number of carbonyl (C=O) groups excluding carboxylic acids is 3. The lowest BCUT2D eigenvalue weighted by Crippen LogP contribution is -2.36. The molecule has 174 valence electrons. The van der Waals surface area contributed by atoms with Crippen LogP contribution in [0.1, 0.15) is 43.1 Å². The van der Waals surface area contributed by atoms with Crippen LogP contribution in [0.25, 0.3) is 0 Å². The molecule has 1 aliphatic heterocycles. The van der Waals surface area contributed by atoms with E-state index in [2.05, 4.69) is 22.2 Å². The number of anilines is 3. The molecule has 0 spiro atoms. The first kappa shape index (κ1) is 24.0. The van der Waals surface area contributed by atoms with E-state index >= 15 is 0 Å². The van der Waals surface area contributed by atoms with Gasteiger partial charge in [0.2, 0.25) is 5.91 Å². The number of pyridine rings is 1. The highest BCUT2D eigenvalue weighted by Gasteiger charge is 2.27. The van der Waals surface area contributed by atoms with Crippen molar-refractivity contribution in [3.8, 4) is 0 Å². The molecule has 0 bridgehead atoms. The number of Topliss-reactive ketones (excluding diaryl/α,β-unsaturated/α-hetero) is 1. The molecular weight excluding hydrogens is 418 g/mol. The Labute approximate surface area is 194 Å². The second-order valence-corrected chi connectivity index (χ2v) is 9.25. The Hall–Kier alpha value is -3.68. The maximum atomic E-state index is 12.3. The minimum absolute atomic E-state index is 0.0574. The predicted octanol–water partition coefficient (Wildman–Crippen LogP) is 2.96. The molecule has 8 nitrogen and oxygen atoms in total. The molecule has 1 aliphatic rings. The smallest absolute Gasteiger partial charge is 0.252 e. The fourth-order valence-corrected chi connectivity index (χ4v) is 3.59. The monoisotopic (exact) mass is 449 g/mol. The van der Waals surface area contributed by atoms with Crippen molar-refractivity contribution in [2.75, 3.05) is 23.3 Å². The summed E-state index contributed by atoms with van der Waals surface area (Å²) in [5.41, 5.74) is 7.28. The lowest BCUT2D eigenvalue weighted by molar-refractivity contribution is -0.125. The summed E-state index contributed by atoms with van der Waals surface area (Å²) in [6, 6.07) is 10.9. The van der Waals surface area contributed by atoms with E-state index in [1.165, 1.54) is 6.08 Å². The number of hydrogen-bond donors (Lipinski definition) is 3. The number of hydrogen-bond acceptors (Lipinski definition) is 6. The number of nitrogens with zero attached hydrogens (tertiary/aromatic N) is 2. The van der Waals surface area contributed by atoms with Crippen LogP contribution in [0.3, 0.4) is 0 Å². The second-order valence-electron chi connectivity index (χ2n) is 9.25. The zero-order chi connectivity index (χ0) is 24.2. The molecule has 2 aromatic rings. The number of aromatic nitrogens is 1. The van der Waals surface area contributed by atoms with Gasteiger partial charge in [0.25, 0.3) is 5.91 Å². The molecule has 3 rings (SSSR count). The Bertz CT molecular complexity index is 1060. The van der Waals surface area contributed by atoms with Crippen molar-refractivity contribution in [3.05, 3.63) is 60.2 Å². The number of carbonyl (C=O) groups is 3. The van der Waals surface area contributed by atoms with Crippen LogP contribution in [0.5, 0.6) is 0 Å². The largest absolute Gasteiger partial charge is 0.365 e. The third kappa shape index (κ3) is 6.19. The van der Waals surface area contributed by atoms with E-state index in [9.17, 15) is 14.4 Å². The SMILES string of the molecule is C=CC(=O)N[C@H]1CCN(c2nc(Nc3ccc(CC(=O)C(C)(C)C)cc3)ccc2C(N)=O)C1. The number of nitrogens with one attached hydrogen (secondary N) is 2. The van der Waals surface area contributed by atoms with E-state index in [1.807, 2.05) is 49.9 Å². The van der Waals surface area contributed by atoms with Crippen LogP contribution in [-0.2, 0) is 16.0 Å². The van der Waals surface area contributed by atoms with Crippen molar-refractivity contribution in [2.45, 2.75) is 39.7 Å². The molecule has 1 saturated heterocycles.